The SMILES string of the molecule is CCC(=O)N(CC1CCCN1)C1CC1. The summed E-state index contributed by atoms with van der Waals surface area (Å²) in [4.78, 5) is 13.8. The Morgan fingerprint density at radius 3 is 2.71 bits per heavy atom. The monoisotopic (exact) mass is 196 g/mol. The van der Waals surface area contributed by atoms with Gasteiger partial charge in [-0.1, -0.05) is 6.92 Å². The molecule has 14 heavy (non-hydrogen) atoms. The summed E-state index contributed by atoms with van der Waals surface area (Å²) in [7, 11) is 0. The van der Waals surface area contributed by atoms with Gasteiger partial charge in [0.25, 0.3) is 0 Å². The average Bonchev–Trinajstić information content (AvgIpc) is 2.92. The second-order valence-corrected chi connectivity index (χ2v) is 4.42. The largest absolute Gasteiger partial charge is 0.338 e. The molecule has 1 saturated carbocycles. The highest BCUT2D eigenvalue weighted by Crippen LogP contribution is 2.28. The number of hydrogen-bond acceptors (Lipinski definition) is 2. The molecule has 2 fully saturated rings. The zero-order chi connectivity index (χ0) is 9.97. The van der Waals surface area contributed by atoms with Crippen molar-refractivity contribution >= 4 is 5.91 Å². The van der Waals surface area contributed by atoms with Crippen LogP contribution in [0.25, 0.3) is 0 Å². The molecule has 2 aliphatic rings. The zero-order valence-electron chi connectivity index (χ0n) is 8.96. The van der Waals surface area contributed by atoms with Gasteiger partial charge >= 0.3 is 0 Å². The van der Waals surface area contributed by atoms with Crippen molar-refractivity contribution in [1.29, 1.82) is 0 Å². The summed E-state index contributed by atoms with van der Waals surface area (Å²) in [5.41, 5.74) is 0. The topological polar surface area (TPSA) is 32.3 Å². The Morgan fingerprint density at radius 1 is 1.43 bits per heavy atom. The van der Waals surface area contributed by atoms with E-state index in [1.807, 2.05) is 6.92 Å². The van der Waals surface area contributed by atoms with Crippen LogP contribution in [0.1, 0.15) is 39.0 Å². The van der Waals surface area contributed by atoms with Crippen molar-refractivity contribution in [3.05, 3.63) is 0 Å². The molecule has 1 heterocycles. The van der Waals surface area contributed by atoms with E-state index in [1.54, 1.807) is 0 Å². The van der Waals surface area contributed by atoms with Crippen LogP contribution in [-0.4, -0.2) is 36.0 Å². The van der Waals surface area contributed by atoms with E-state index in [4.69, 9.17) is 0 Å². The van der Waals surface area contributed by atoms with Crippen molar-refractivity contribution < 1.29 is 4.79 Å². The van der Waals surface area contributed by atoms with Crippen molar-refractivity contribution in [2.45, 2.75) is 51.1 Å². The van der Waals surface area contributed by atoms with Gasteiger partial charge in [-0.15, -0.1) is 0 Å². The highest BCUT2D eigenvalue weighted by molar-refractivity contribution is 5.76. The first kappa shape index (κ1) is 9.97. The van der Waals surface area contributed by atoms with Gasteiger partial charge in [-0.3, -0.25) is 4.79 Å². The summed E-state index contributed by atoms with van der Waals surface area (Å²) in [6, 6.07) is 1.14. The van der Waals surface area contributed by atoms with Gasteiger partial charge in [-0.2, -0.15) is 0 Å². The minimum Gasteiger partial charge on any atom is -0.338 e. The van der Waals surface area contributed by atoms with Crippen LogP contribution in [0.2, 0.25) is 0 Å². The highest BCUT2D eigenvalue weighted by Gasteiger charge is 2.33. The van der Waals surface area contributed by atoms with Gasteiger partial charge < -0.3 is 10.2 Å². The lowest BCUT2D eigenvalue weighted by atomic mass is 10.2. The number of rotatable bonds is 4. The molecule has 0 spiro atoms. The van der Waals surface area contributed by atoms with Crippen LogP contribution in [0.3, 0.4) is 0 Å². The maximum absolute atomic E-state index is 11.7. The Labute approximate surface area is 85.8 Å². The van der Waals surface area contributed by atoms with Gasteiger partial charge in [0.2, 0.25) is 5.91 Å². The third-order valence-corrected chi connectivity index (χ3v) is 3.19. The van der Waals surface area contributed by atoms with Crippen molar-refractivity contribution in [1.82, 2.24) is 10.2 Å². The number of nitrogens with one attached hydrogen (secondary N) is 1. The molecular weight excluding hydrogens is 176 g/mol. The molecule has 1 aliphatic carbocycles. The van der Waals surface area contributed by atoms with E-state index in [2.05, 4.69) is 10.2 Å². The van der Waals surface area contributed by atoms with E-state index in [9.17, 15) is 4.79 Å². The minimum absolute atomic E-state index is 0.334. The van der Waals surface area contributed by atoms with Crippen molar-refractivity contribution in [2.75, 3.05) is 13.1 Å². The second kappa shape index (κ2) is 4.30. The highest BCUT2D eigenvalue weighted by atomic mass is 16.2. The number of carbonyl (C=O) groups excluding carboxylic acids is 1. The molecule has 0 aromatic rings. The molecule has 2 rings (SSSR count). The van der Waals surface area contributed by atoms with Crippen LogP contribution < -0.4 is 5.32 Å². The minimum atomic E-state index is 0.334. The molecule has 1 N–H and O–H groups in total. The van der Waals surface area contributed by atoms with Gasteiger partial charge in [-0.25, -0.2) is 0 Å². The molecule has 1 unspecified atom stereocenters. The summed E-state index contributed by atoms with van der Waals surface area (Å²) < 4.78 is 0. The predicted molar refractivity (Wildman–Crippen MR) is 56.1 cm³/mol. The van der Waals surface area contributed by atoms with E-state index in [-0.39, 0.29) is 0 Å². The van der Waals surface area contributed by atoms with E-state index in [0.29, 0.717) is 24.4 Å². The predicted octanol–water partition coefficient (Wildman–Crippen LogP) is 1.14. The first-order valence-electron chi connectivity index (χ1n) is 5.84. The number of carbonyl (C=O) groups is 1. The Kier molecular flexibility index (Phi) is 3.06. The van der Waals surface area contributed by atoms with Crippen LogP contribution in [0.15, 0.2) is 0 Å². The van der Waals surface area contributed by atoms with E-state index in [1.165, 1.54) is 25.7 Å². The lowest BCUT2D eigenvalue weighted by Gasteiger charge is -2.25. The summed E-state index contributed by atoms with van der Waals surface area (Å²) in [5.74, 6) is 0.334. The maximum Gasteiger partial charge on any atom is 0.222 e. The van der Waals surface area contributed by atoms with Crippen LogP contribution >= 0.6 is 0 Å². The first-order chi connectivity index (χ1) is 6.81. The molecular formula is C11H20N2O. The molecule has 0 aromatic carbocycles. The normalized spacial score (nSPS) is 26.5. The molecule has 0 bridgehead atoms. The van der Waals surface area contributed by atoms with Gasteiger partial charge in [0.05, 0.1) is 0 Å². The van der Waals surface area contributed by atoms with E-state index in [0.717, 1.165) is 13.1 Å². The molecule has 0 radical (unpaired) electrons. The molecule has 1 atom stereocenters. The fraction of sp³-hybridized carbons (Fsp3) is 0.909. The van der Waals surface area contributed by atoms with Crippen LogP contribution in [-0.2, 0) is 4.79 Å². The van der Waals surface area contributed by atoms with Crippen LogP contribution in [0.4, 0.5) is 0 Å². The van der Waals surface area contributed by atoms with Gasteiger partial charge in [-0.05, 0) is 32.2 Å². The molecule has 80 valence electrons. The number of nitrogens with zero attached hydrogens (tertiary/aromatic N) is 1. The van der Waals surface area contributed by atoms with E-state index >= 15 is 0 Å². The summed E-state index contributed by atoms with van der Waals surface area (Å²) in [5, 5.41) is 3.45. The van der Waals surface area contributed by atoms with Gasteiger partial charge in [0.15, 0.2) is 0 Å². The smallest absolute Gasteiger partial charge is 0.222 e. The third kappa shape index (κ3) is 2.27. The quantitative estimate of drug-likeness (QED) is 0.731. The van der Waals surface area contributed by atoms with Crippen molar-refractivity contribution in [3.8, 4) is 0 Å². The Morgan fingerprint density at radius 2 is 2.21 bits per heavy atom. The van der Waals surface area contributed by atoms with Crippen molar-refractivity contribution in [3.63, 3.8) is 0 Å². The standard InChI is InChI=1S/C11H20N2O/c1-2-11(14)13(10-5-6-10)8-9-4-3-7-12-9/h9-10,12H,2-8H2,1H3. The van der Waals surface area contributed by atoms with Crippen molar-refractivity contribution in [2.24, 2.45) is 0 Å². The Bertz CT molecular complexity index is 207. The summed E-state index contributed by atoms with van der Waals surface area (Å²) >= 11 is 0. The lowest BCUT2D eigenvalue weighted by molar-refractivity contribution is -0.131. The molecule has 3 heteroatoms. The average molecular weight is 196 g/mol. The molecule has 3 nitrogen and oxygen atoms in total. The van der Waals surface area contributed by atoms with Crippen LogP contribution in [0, 0.1) is 0 Å². The van der Waals surface area contributed by atoms with E-state index < -0.39 is 0 Å². The fourth-order valence-corrected chi connectivity index (χ4v) is 2.19. The van der Waals surface area contributed by atoms with Crippen LogP contribution in [0.5, 0.6) is 0 Å². The molecule has 1 saturated heterocycles. The maximum atomic E-state index is 11.7. The number of amides is 1. The molecule has 0 aromatic heterocycles. The first-order valence-corrected chi connectivity index (χ1v) is 5.84. The molecule has 1 aliphatic heterocycles. The zero-order valence-corrected chi connectivity index (χ0v) is 8.96. The Hall–Kier alpha value is -0.570. The molecule has 1 amide bonds. The Balaban J connectivity index is 1.86. The third-order valence-electron chi connectivity index (χ3n) is 3.19. The fourth-order valence-electron chi connectivity index (χ4n) is 2.19. The number of hydrogen-bond donors (Lipinski definition) is 1. The summed E-state index contributed by atoms with van der Waals surface area (Å²) in [6.07, 6.45) is 5.60. The lowest BCUT2D eigenvalue weighted by Crippen LogP contribution is -2.42. The van der Waals surface area contributed by atoms with Gasteiger partial charge in [0, 0.05) is 25.0 Å². The van der Waals surface area contributed by atoms with Gasteiger partial charge in [0.1, 0.15) is 0 Å². The summed E-state index contributed by atoms with van der Waals surface area (Å²) in [6.45, 7) is 4.03. The second-order valence-electron chi connectivity index (χ2n) is 4.42.